The average molecular weight is 257 g/mol. The monoisotopic (exact) mass is 257 g/mol. The second kappa shape index (κ2) is 3.59. The summed E-state index contributed by atoms with van der Waals surface area (Å²) in [7, 11) is 0. The lowest BCUT2D eigenvalue weighted by molar-refractivity contribution is -0.123. The van der Waals surface area contributed by atoms with Crippen LogP contribution in [0.15, 0.2) is 24.3 Å². The molecule has 0 spiro atoms. The number of carbonyl (C=O) groups is 2. The lowest BCUT2D eigenvalue weighted by Crippen LogP contribution is -2.32. The normalized spacial score (nSPS) is 36.1. The first-order valence-electron chi connectivity index (χ1n) is 6.83. The highest BCUT2D eigenvalue weighted by atomic mass is 16.3. The van der Waals surface area contributed by atoms with E-state index in [0.717, 1.165) is 19.3 Å². The zero-order chi connectivity index (χ0) is 13.1. The van der Waals surface area contributed by atoms with Crippen molar-refractivity contribution in [3.05, 3.63) is 24.3 Å². The molecular weight excluding hydrogens is 242 g/mol. The van der Waals surface area contributed by atoms with Gasteiger partial charge in [0.25, 0.3) is 0 Å². The molecule has 4 atom stereocenters. The molecule has 3 fully saturated rings. The summed E-state index contributed by atoms with van der Waals surface area (Å²) >= 11 is 0. The molecule has 4 nitrogen and oxygen atoms in total. The number of anilines is 1. The van der Waals surface area contributed by atoms with Gasteiger partial charge in [0.2, 0.25) is 11.8 Å². The molecule has 3 aliphatic rings. The third-order valence-corrected chi connectivity index (χ3v) is 5.04. The van der Waals surface area contributed by atoms with E-state index in [9.17, 15) is 14.7 Å². The Morgan fingerprint density at radius 3 is 2.00 bits per heavy atom. The van der Waals surface area contributed by atoms with Gasteiger partial charge in [0.1, 0.15) is 5.75 Å². The van der Waals surface area contributed by atoms with Crippen molar-refractivity contribution in [3.8, 4) is 5.75 Å². The van der Waals surface area contributed by atoms with E-state index in [1.54, 1.807) is 12.1 Å². The third-order valence-electron chi connectivity index (χ3n) is 5.04. The highest BCUT2D eigenvalue weighted by Crippen LogP contribution is 2.56. The summed E-state index contributed by atoms with van der Waals surface area (Å²) in [6.07, 6.45) is 3.23. The van der Waals surface area contributed by atoms with E-state index in [1.807, 2.05) is 0 Å². The van der Waals surface area contributed by atoms with Crippen molar-refractivity contribution >= 4 is 17.5 Å². The molecular formula is C15H15NO3. The van der Waals surface area contributed by atoms with Gasteiger partial charge in [-0.25, -0.2) is 0 Å². The Hall–Kier alpha value is -1.84. The van der Waals surface area contributed by atoms with Gasteiger partial charge in [-0.3, -0.25) is 14.5 Å². The van der Waals surface area contributed by atoms with E-state index in [2.05, 4.69) is 0 Å². The molecule has 1 aromatic carbocycles. The summed E-state index contributed by atoms with van der Waals surface area (Å²) in [5.74, 6) is 0.728. The summed E-state index contributed by atoms with van der Waals surface area (Å²) in [5.41, 5.74) is 0.585. The number of hydrogen-bond donors (Lipinski definition) is 1. The Labute approximate surface area is 111 Å². The van der Waals surface area contributed by atoms with E-state index < -0.39 is 0 Å². The minimum atomic E-state index is -0.0833. The van der Waals surface area contributed by atoms with Crippen molar-refractivity contribution < 1.29 is 14.7 Å². The van der Waals surface area contributed by atoms with Gasteiger partial charge in [-0.05, 0) is 55.4 Å². The first-order valence-corrected chi connectivity index (χ1v) is 6.83. The fraction of sp³-hybridized carbons (Fsp3) is 0.467. The molecule has 4 rings (SSSR count). The maximum atomic E-state index is 12.5. The summed E-state index contributed by atoms with van der Waals surface area (Å²) < 4.78 is 0. The predicted octanol–water partition coefficient (Wildman–Crippen LogP) is 1.93. The average Bonchev–Trinajstić information content (AvgIpc) is 3.06. The Kier molecular flexibility index (Phi) is 2.08. The molecule has 0 unspecified atom stereocenters. The van der Waals surface area contributed by atoms with Crippen LogP contribution in [0.5, 0.6) is 5.75 Å². The number of phenols is 1. The number of aromatic hydroxyl groups is 1. The van der Waals surface area contributed by atoms with Gasteiger partial charge >= 0.3 is 0 Å². The maximum Gasteiger partial charge on any atom is 0.237 e. The number of nitrogens with zero attached hydrogens (tertiary/aromatic N) is 1. The van der Waals surface area contributed by atoms with Crippen LogP contribution in [0.3, 0.4) is 0 Å². The number of benzene rings is 1. The molecule has 1 heterocycles. The Morgan fingerprint density at radius 1 is 0.947 bits per heavy atom. The number of rotatable bonds is 1. The standard InChI is InChI=1S/C15H15NO3/c17-11-5-3-10(4-6-11)16-14(18)12-8-1-2-9(7-8)13(12)15(16)19/h3-6,8-9,12-13,17H,1-2,7H2/t8-,9+,12-,13-/m0/s1. The number of hydrogen-bond acceptors (Lipinski definition) is 3. The van der Waals surface area contributed by atoms with Gasteiger partial charge in [-0.1, -0.05) is 0 Å². The molecule has 98 valence electrons. The number of carbonyl (C=O) groups excluding carboxylic acids is 2. The van der Waals surface area contributed by atoms with Gasteiger partial charge < -0.3 is 5.11 Å². The Balaban J connectivity index is 1.73. The molecule has 2 saturated carbocycles. The Morgan fingerprint density at radius 2 is 1.47 bits per heavy atom. The third kappa shape index (κ3) is 1.34. The van der Waals surface area contributed by atoms with Crippen LogP contribution in [-0.4, -0.2) is 16.9 Å². The zero-order valence-corrected chi connectivity index (χ0v) is 10.5. The molecule has 1 saturated heterocycles. The first-order chi connectivity index (χ1) is 9.16. The number of phenolic OH excluding ortho intramolecular Hbond substituents is 1. The van der Waals surface area contributed by atoms with Crippen molar-refractivity contribution in [1.29, 1.82) is 0 Å². The minimum Gasteiger partial charge on any atom is -0.508 e. The van der Waals surface area contributed by atoms with E-state index in [4.69, 9.17) is 0 Å². The summed E-state index contributed by atoms with van der Waals surface area (Å²) in [6, 6.07) is 6.29. The van der Waals surface area contributed by atoms with Crippen LogP contribution < -0.4 is 4.90 Å². The van der Waals surface area contributed by atoms with Crippen molar-refractivity contribution in [2.24, 2.45) is 23.7 Å². The molecule has 0 radical (unpaired) electrons. The maximum absolute atomic E-state index is 12.5. The van der Waals surface area contributed by atoms with Crippen LogP contribution in [-0.2, 0) is 9.59 Å². The predicted molar refractivity (Wildman–Crippen MR) is 68.4 cm³/mol. The van der Waals surface area contributed by atoms with Crippen LogP contribution in [0.2, 0.25) is 0 Å². The van der Waals surface area contributed by atoms with E-state index in [-0.39, 0.29) is 29.4 Å². The fourth-order valence-electron chi connectivity index (χ4n) is 4.26. The molecule has 19 heavy (non-hydrogen) atoms. The van der Waals surface area contributed by atoms with Crippen LogP contribution in [0.25, 0.3) is 0 Å². The first kappa shape index (κ1) is 11.0. The van der Waals surface area contributed by atoms with Crippen LogP contribution in [0.1, 0.15) is 19.3 Å². The fourth-order valence-corrected chi connectivity index (χ4v) is 4.26. The summed E-state index contributed by atoms with van der Waals surface area (Å²) in [4.78, 5) is 26.4. The lowest BCUT2D eigenvalue weighted by atomic mass is 9.81. The van der Waals surface area contributed by atoms with Gasteiger partial charge in [-0.15, -0.1) is 0 Å². The second-order valence-corrected chi connectivity index (χ2v) is 5.91. The van der Waals surface area contributed by atoms with Crippen molar-refractivity contribution in [2.75, 3.05) is 4.90 Å². The van der Waals surface area contributed by atoms with Gasteiger partial charge in [0, 0.05) is 0 Å². The molecule has 1 aromatic rings. The summed E-state index contributed by atoms with van der Waals surface area (Å²) in [6.45, 7) is 0. The summed E-state index contributed by atoms with van der Waals surface area (Å²) in [5, 5.41) is 9.30. The van der Waals surface area contributed by atoms with Crippen molar-refractivity contribution in [1.82, 2.24) is 0 Å². The number of fused-ring (bicyclic) bond motifs is 5. The molecule has 1 N–H and O–H groups in total. The lowest BCUT2D eigenvalue weighted by Gasteiger charge is -2.19. The topological polar surface area (TPSA) is 57.6 Å². The molecule has 4 heteroatoms. The van der Waals surface area contributed by atoms with Crippen LogP contribution >= 0.6 is 0 Å². The highest BCUT2D eigenvalue weighted by Gasteiger charge is 2.61. The number of amides is 2. The zero-order valence-electron chi connectivity index (χ0n) is 10.5. The smallest absolute Gasteiger partial charge is 0.237 e. The van der Waals surface area contributed by atoms with Gasteiger partial charge in [0.05, 0.1) is 17.5 Å². The van der Waals surface area contributed by atoms with E-state index >= 15 is 0 Å². The largest absolute Gasteiger partial charge is 0.508 e. The molecule has 2 amide bonds. The van der Waals surface area contributed by atoms with E-state index in [1.165, 1.54) is 17.0 Å². The van der Waals surface area contributed by atoms with Crippen LogP contribution in [0.4, 0.5) is 5.69 Å². The number of imide groups is 1. The Bertz CT molecular complexity index is 537. The molecule has 0 aromatic heterocycles. The quantitative estimate of drug-likeness (QED) is 0.782. The minimum absolute atomic E-state index is 0.0344. The van der Waals surface area contributed by atoms with Gasteiger partial charge in [0.15, 0.2) is 0 Å². The SMILES string of the molecule is O=C1[C@H]2[C@@H]3CC[C@@H](C3)[C@@H]2C(=O)N1c1ccc(O)cc1. The van der Waals surface area contributed by atoms with Crippen molar-refractivity contribution in [3.63, 3.8) is 0 Å². The molecule has 2 aliphatic carbocycles. The van der Waals surface area contributed by atoms with Crippen molar-refractivity contribution in [2.45, 2.75) is 19.3 Å². The molecule has 1 aliphatic heterocycles. The second-order valence-electron chi connectivity index (χ2n) is 5.91. The van der Waals surface area contributed by atoms with Gasteiger partial charge in [-0.2, -0.15) is 0 Å². The molecule has 2 bridgehead atoms. The highest BCUT2D eigenvalue weighted by molar-refractivity contribution is 6.22. The van der Waals surface area contributed by atoms with E-state index in [0.29, 0.717) is 17.5 Å². The van der Waals surface area contributed by atoms with Crippen LogP contribution in [0, 0.1) is 23.7 Å².